The van der Waals surface area contributed by atoms with Gasteiger partial charge in [-0.2, -0.15) is 0 Å². The Morgan fingerprint density at radius 2 is 0.588 bits per heavy atom. The molecule has 0 aromatic carbocycles. The van der Waals surface area contributed by atoms with Gasteiger partial charge < -0.3 is 33.3 Å². The summed E-state index contributed by atoms with van der Waals surface area (Å²) in [6.07, 6.45) is 106. The number of carbonyl (C=O) groups is 3. The molecule has 9 nitrogen and oxygen atoms in total. The summed E-state index contributed by atoms with van der Waals surface area (Å²) >= 11 is 0. The topological polar surface area (TPSA) is 111 Å². The minimum absolute atomic E-state index is 0.141. The summed E-state index contributed by atoms with van der Waals surface area (Å²) in [4.78, 5) is 37.6. The zero-order chi connectivity index (χ0) is 70.4. The highest BCUT2D eigenvalue weighted by atomic mass is 16.7. The van der Waals surface area contributed by atoms with Crippen LogP contribution in [0.15, 0.2) is 97.2 Å². The number of likely N-dealkylation sites (N-methyl/N-ethyl adjacent to an activating group) is 1. The molecule has 9 heteroatoms. The first-order valence-corrected chi connectivity index (χ1v) is 41.4. The molecule has 0 rings (SSSR count). The molecule has 0 aliphatic rings. The fourth-order valence-corrected chi connectivity index (χ4v) is 12.1. The van der Waals surface area contributed by atoms with Gasteiger partial charge in [0.2, 0.25) is 0 Å². The fourth-order valence-electron chi connectivity index (χ4n) is 12.1. The second-order valence-electron chi connectivity index (χ2n) is 29.0. The standard InChI is InChI=1S/C88H157NO8/c1-6-8-10-12-14-16-18-20-22-24-26-28-30-32-34-36-38-39-40-41-42-43-44-45-46-47-49-50-52-54-56-58-60-62-64-66-68-70-72-74-76-78-85(90)95-82-84(83-96-88(87(92)93)94-81-80-89(3,4)5)97-86(91)79-77-75-73-71-69-67-65-63-61-59-57-55-53-51-48-37-35-33-31-29-27-25-23-21-19-17-15-13-11-9-7-2/h9,11,15,17,21,23,27,29,33,35,48,51,55,57,61,63,84,88H,6-8,10,12-14,16,18-20,22,24-26,28,30-32,34,36-47,49-50,52-54,56,58-60,62,64-83H2,1-5H3/b11-9-,17-15-,23-21-,29-27-,35-33-,51-48-,57-55-,63-61-. The van der Waals surface area contributed by atoms with Gasteiger partial charge in [0.05, 0.1) is 40.3 Å². The second-order valence-corrected chi connectivity index (χ2v) is 29.0. The number of rotatable bonds is 77. The van der Waals surface area contributed by atoms with Crippen molar-refractivity contribution in [2.75, 3.05) is 47.5 Å². The van der Waals surface area contributed by atoms with Gasteiger partial charge >= 0.3 is 11.9 Å². The summed E-state index contributed by atoms with van der Waals surface area (Å²) in [5, 5.41) is 11.9. The first-order valence-electron chi connectivity index (χ1n) is 41.4. The molecule has 562 valence electrons. The Balaban J connectivity index is 3.99. The molecule has 0 amide bonds. The van der Waals surface area contributed by atoms with E-state index >= 15 is 0 Å². The molecule has 0 fully saturated rings. The zero-order valence-electron chi connectivity index (χ0n) is 64.4. The van der Waals surface area contributed by atoms with Crippen molar-refractivity contribution in [3.63, 3.8) is 0 Å². The molecule has 2 unspecified atom stereocenters. The maximum atomic E-state index is 13.0. The van der Waals surface area contributed by atoms with Crippen molar-refractivity contribution in [3.8, 4) is 0 Å². The number of quaternary nitrogens is 1. The number of unbranched alkanes of at least 4 members (excludes halogenated alkanes) is 46. The van der Waals surface area contributed by atoms with Gasteiger partial charge in [-0.25, -0.2) is 0 Å². The summed E-state index contributed by atoms with van der Waals surface area (Å²) in [7, 11) is 5.93. The molecular formula is C88H157NO8. The van der Waals surface area contributed by atoms with Crippen LogP contribution in [0.5, 0.6) is 0 Å². The summed E-state index contributed by atoms with van der Waals surface area (Å²) in [6, 6.07) is 0. The quantitative estimate of drug-likeness (QED) is 0.0195. The Morgan fingerprint density at radius 1 is 0.320 bits per heavy atom. The summed E-state index contributed by atoms with van der Waals surface area (Å²) < 4.78 is 22.8. The van der Waals surface area contributed by atoms with Gasteiger partial charge in [-0.1, -0.05) is 394 Å². The lowest BCUT2D eigenvalue weighted by atomic mass is 10.0. The van der Waals surface area contributed by atoms with Crippen LogP contribution in [0.4, 0.5) is 0 Å². The van der Waals surface area contributed by atoms with Gasteiger partial charge in [0, 0.05) is 12.8 Å². The van der Waals surface area contributed by atoms with Crippen LogP contribution in [0.25, 0.3) is 0 Å². The molecule has 0 spiro atoms. The van der Waals surface area contributed by atoms with Gasteiger partial charge in [0.1, 0.15) is 13.2 Å². The second kappa shape index (κ2) is 77.9. The molecule has 0 aliphatic heterocycles. The maximum absolute atomic E-state index is 13.0. The minimum atomic E-state index is -1.63. The molecule has 0 N–H and O–H groups in total. The van der Waals surface area contributed by atoms with Gasteiger partial charge in [-0.3, -0.25) is 9.59 Å². The van der Waals surface area contributed by atoms with Crippen LogP contribution >= 0.6 is 0 Å². The maximum Gasteiger partial charge on any atom is 0.306 e. The van der Waals surface area contributed by atoms with Crippen molar-refractivity contribution in [2.45, 2.75) is 399 Å². The van der Waals surface area contributed by atoms with E-state index in [1.54, 1.807) is 0 Å². The molecular weight excluding hydrogens is 1200 g/mol. The van der Waals surface area contributed by atoms with Gasteiger partial charge in [0.25, 0.3) is 0 Å². The van der Waals surface area contributed by atoms with Crippen LogP contribution in [0.3, 0.4) is 0 Å². The number of aliphatic carboxylic acids is 1. The Kier molecular flexibility index (Phi) is 74.9. The van der Waals surface area contributed by atoms with Crippen molar-refractivity contribution in [1.29, 1.82) is 0 Å². The van der Waals surface area contributed by atoms with Crippen LogP contribution in [0, 0.1) is 0 Å². The number of ether oxygens (including phenoxy) is 4. The number of nitrogens with zero attached hydrogens (tertiary/aromatic N) is 1. The minimum Gasteiger partial charge on any atom is -0.545 e. The Hall–Kier alpha value is -3.79. The van der Waals surface area contributed by atoms with E-state index in [4.69, 9.17) is 18.9 Å². The van der Waals surface area contributed by atoms with E-state index in [2.05, 4.69) is 111 Å². The number of carboxylic acids is 1. The number of hydrogen-bond donors (Lipinski definition) is 0. The largest absolute Gasteiger partial charge is 0.545 e. The summed E-state index contributed by atoms with van der Waals surface area (Å²) in [5.41, 5.74) is 0. The Bertz CT molecular complexity index is 1920. The normalized spacial score (nSPS) is 13.1. The average molecular weight is 1360 g/mol. The molecule has 0 aromatic heterocycles. The molecule has 0 aliphatic carbocycles. The molecule has 2 atom stereocenters. The lowest BCUT2D eigenvalue weighted by Gasteiger charge is -2.26. The number of carboxylic acid groups (broad SMARTS) is 1. The lowest BCUT2D eigenvalue weighted by Crippen LogP contribution is -2.44. The van der Waals surface area contributed by atoms with Crippen LogP contribution in [-0.4, -0.2) is 82.3 Å². The van der Waals surface area contributed by atoms with Crippen molar-refractivity contribution < 1.29 is 42.9 Å². The molecule has 0 heterocycles. The number of allylic oxidation sites excluding steroid dienone is 16. The van der Waals surface area contributed by atoms with Gasteiger partial charge in [-0.05, 0) is 77.0 Å². The third kappa shape index (κ3) is 79.4. The third-order valence-electron chi connectivity index (χ3n) is 18.3. The fraction of sp³-hybridized carbons (Fsp3) is 0.784. The van der Waals surface area contributed by atoms with Crippen LogP contribution in [0.1, 0.15) is 386 Å². The Morgan fingerprint density at radius 3 is 0.876 bits per heavy atom. The van der Waals surface area contributed by atoms with Crippen molar-refractivity contribution >= 4 is 17.9 Å². The van der Waals surface area contributed by atoms with Crippen LogP contribution in [0.2, 0.25) is 0 Å². The van der Waals surface area contributed by atoms with E-state index in [0.717, 1.165) is 109 Å². The molecule has 97 heavy (non-hydrogen) atoms. The predicted octanol–water partition coefficient (Wildman–Crippen LogP) is 25.4. The van der Waals surface area contributed by atoms with E-state index in [0.29, 0.717) is 17.4 Å². The number of hydrogen-bond acceptors (Lipinski definition) is 8. The average Bonchev–Trinajstić information content (AvgIpc) is 2.39. The summed E-state index contributed by atoms with van der Waals surface area (Å²) in [5.74, 6) is -2.29. The predicted molar refractivity (Wildman–Crippen MR) is 417 cm³/mol. The van der Waals surface area contributed by atoms with E-state index < -0.39 is 24.3 Å². The molecule has 0 saturated heterocycles. The van der Waals surface area contributed by atoms with Crippen LogP contribution < -0.4 is 5.11 Å². The molecule has 0 radical (unpaired) electrons. The Labute approximate surface area is 601 Å². The number of carbonyl (C=O) groups excluding carboxylic acids is 3. The van der Waals surface area contributed by atoms with E-state index in [1.807, 2.05) is 21.1 Å². The van der Waals surface area contributed by atoms with E-state index in [1.165, 1.54) is 244 Å². The highest BCUT2D eigenvalue weighted by Gasteiger charge is 2.22. The smallest absolute Gasteiger partial charge is 0.306 e. The van der Waals surface area contributed by atoms with E-state index in [-0.39, 0.29) is 38.6 Å². The van der Waals surface area contributed by atoms with Crippen molar-refractivity contribution in [2.24, 2.45) is 0 Å². The first-order chi connectivity index (χ1) is 47.6. The van der Waals surface area contributed by atoms with Crippen molar-refractivity contribution in [1.82, 2.24) is 0 Å². The molecule has 0 saturated carbocycles. The van der Waals surface area contributed by atoms with E-state index in [9.17, 15) is 19.5 Å². The summed E-state index contributed by atoms with van der Waals surface area (Å²) in [6.45, 7) is 4.66. The zero-order valence-corrected chi connectivity index (χ0v) is 64.4. The highest BCUT2D eigenvalue weighted by molar-refractivity contribution is 5.70. The monoisotopic (exact) mass is 1360 g/mol. The first kappa shape index (κ1) is 93.2. The SMILES string of the molecule is CC/C=C\C/C=C\C/C=C\C/C=C\C/C=C\C/C=C\C/C=C\C/C=C\CCCCCCCCC(=O)OC(COC(=O)CCCCCCCCCCCCCCCCCCCCCCCCCCCCCCCCCCCCCCCCCCC)COC(OCC[N+](C)(C)C)C(=O)[O-]. The van der Waals surface area contributed by atoms with Crippen LogP contribution in [-0.2, 0) is 33.3 Å². The van der Waals surface area contributed by atoms with Gasteiger partial charge in [-0.15, -0.1) is 0 Å². The number of esters is 2. The lowest BCUT2D eigenvalue weighted by molar-refractivity contribution is -0.870. The highest BCUT2D eigenvalue weighted by Crippen LogP contribution is 2.20. The van der Waals surface area contributed by atoms with Crippen molar-refractivity contribution in [3.05, 3.63) is 97.2 Å². The van der Waals surface area contributed by atoms with Gasteiger partial charge in [0.15, 0.2) is 12.4 Å². The third-order valence-corrected chi connectivity index (χ3v) is 18.3. The molecule has 0 aromatic rings. The molecule has 0 bridgehead atoms.